The number of hydrogen-bond donors (Lipinski definition) is 6. The summed E-state index contributed by atoms with van der Waals surface area (Å²) in [5.41, 5.74) is 5.18. The maximum absolute atomic E-state index is 10.3. The van der Waals surface area contributed by atoms with E-state index in [4.69, 9.17) is 34.8 Å². The lowest BCUT2D eigenvalue weighted by Gasteiger charge is -2.01. The lowest BCUT2D eigenvalue weighted by Crippen LogP contribution is -1.98. The van der Waals surface area contributed by atoms with Crippen LogP contribution in [-0.4, -0.2) is 37.2 Å². The Morgan fingerprint density at radius 3 is 1.53 bits per heavy atom. The lowest BCUT2D eigenvalue weighted by atomic mass is 10.2. The van der Waals surface area contributed by atoms with Gasteiger partial charge in [0, 0.05) is 6.16 Å². The Hall–Kier alpha value is 0.220. The van der Waals surface area contributed by atoms with Crippen molar-refractivity contribution in [2.75, 3.05) is 12.7 Å². The summed E-state index contributed by atoms with van der Waals surface area (Å²) >= 11 is 0. The number of hydrogen-bond acceptors (Lipinski definition) is 3. The fourth-order valence-corrected chi connectivity index (χ4v) is 1.27. The van der Waals surface area contributed by atoms with Crippen LogP contribution in [0, 0.1) is 0 Å². The third kappa shape index (κ3) is 40.7. The third-order valence-corrected chi connectivity index (χ3v) is 2.05. The molecule has 0 atom stereocenters. The molecule has 15 heavy (non-hydrogen) atoms. The highest BCUT2D eigenvalue weighted by molar-refractivity contribution is 7.51. The summed E-state index contributed by atoms with van der Waals surface area (Å²) in [5.74, 6) is 0. The van der Waals surface area contributed by atoms with Gasteiger partial charge in [-0.1, -0.05) is 6.42 Å². The van der Waals surface area contributed by atoms with Gasteiger partial charge in [-0.2, -0.15) is 0 Å². The summed E-state index contributed by atoms with van der Waals surface area (Å²) in [5, 5.41) is 0. The van der Waals surface area contributed by atoms with Crippen molar-refractivity contribution in [2.24, 2.45) is 5.73 Å². The van der Waals surface area contributed by atoms with E-state index in [9.17, 15) is 4.57 Å². The maximum Gasteiger partial charge on any atom is 0.466 e. The zero-order chi connectivity index (χ0) is 12.5. The summed E-state index contributed by atoms with van der Waals surface area (Å²) in [4.78, 5) is 38.4. The third-order valence-electron chi connectivity index (χ3n) is 1.15. The normalized spacial score (nSPS) is 11.9. The molecule has 0 aromatic rings. The first-order chi connectivity index (χ1) is 6.56. The lowest BCUT2D eigenvalue weighted by molar-refractivity contribution is 0.275. The summed E-state index contributed by atoms with van der Waals surface area (Å²) in [6, 6.07) is 0. The molecule has 0 rings (SSSR count). The van der Waals surface area contributed by atoms with Crippen LogP contribution in [0.2, 0.25) is 0 Å². The molecule has 0 aliphatic heterocycles. The van der Waals surface area contributed by atoms with Crippen LogP contribution >= 0.6 is 15.4 Å². The topological polar surface area (TPSA) is 161 Å². The van der Waals surface area contributed by atoms with E-state index in [-0.39, 0.29) is 6.16 Å². The van der Waals surface area contributed by atoms with E-state index in [2.05, 4.69) is 0 Å². The Morgan fingerprint density at radius 1 is 0.867 bits per heavy atom. The molecular formula is C5H17NO7P2. The highest BCUT2D eigenvalue weighted by Crippen LogP contribution is 2.35. The van der Waals surface area contributed by atoms with Gasteiger partial charge < -0.3 is 30.2 Å². The van der Waals surface area contributed by atoms with Crippen molar-refractivity contribution in [1.29, 1.82) is 0 Å². The van der Waals surface area contributed by atoms with Crippen molar-refractivity contribution in [3.63, 3.8) is 0 Å². The average Bonchev–Trinajstić information content (AvgIpc) is 1.93. The van der Waals surface area contributed by atoms with Crippen LogP contribution in [-0.2, 0) is 9.13 Å². The highest BCUT2D eigenvalue weighted by Gasteiger charge is 2.10. The average molecular weight is 265 g/mol. The molecule has 0 unspecified atom stereocenters. The molecule has 0 fully saturated rings. The number of nitrogens with two attached hydrogens (primary N) is 1. The van der Waals surface area contributed by atoms with Gasteiger partial charge in [-0.15, -0.1) is 0 Å². The van der Waals surface area contributed by atoms with Crippen LogP contribution in [0.3, 0.4) is 0 Å². The summed E-state index contributed by atoms with van der Waals surface area (Å²) in [6.45, 7) is 0.598. The minimum atomic E-state index is -4.64. The van der Waals surface area contributed by atoms with E-state index in [0.29, 0.717) is 13.0 Å². The molecule has 0 amide bonds. The first kappa shape index (κ1) is 17.6. The van der Waals surface area contributed by atoms with E-state index < -0.39 is 15.4 Å². The smallest absolute Gasteiger partial charge is 0.330 e. The summed E-state index contributed by atoms with van der Waals surface area (Å²) in [7, 11) is -8.39. The predicted molar refractivity (Wildman–Crippen MR) is 54.1 cm³/mol. The van der Waals surface area contributed by atoms with Gasteiger partial charge in [-0.25, -0.2) is 4.57 Å². The SMILES string of the molecule is NCCCCCP(=O)(O)O.O=P(O)(O)O. The molecule has 0 saturated heterocycles. The molecule has 0 saturated carbocycles. The Bertz CT molecular complexity index is 225. The monoisotopic (exact) mass is 265 g/mol. The largest absolute Gasteiger partial charge is 0.466 e. The molecular weight excluding hydrogens is 248 g/mol. The van der Waals surface area contributed by atoms with Gasteiger partial charge in [0.25, 0.3) is 0 Å². The van der Waals surface area contributed by atoms with Crippen molar-refractivity contribution in [3.05, 3.63) is 0 Å². The Kier molecular flexibility index (Phi) is 9.84. The number of rotatable bonds is 5. The molecule has 0 aliphatic carbocycles. The molecule has 0 aromatic carbocycles. The van der Waals surface area contributed by atoms with Gasteiger partial charge >= 0.3 is 15.4 Å². The zero-order valence-corrected chi connectivity index (χ0v) is 9.85. The summed E-state index contributed by atoms with van der Waals surface area (Å²) < 4.78 is 19.1. The van der Waals surface area contributed by atoms with Crippen LogP contribution in [0.4, 0.5) is 0 Å². The molecule has 7 N–H and O–H groups in total. The molecule has 8 nitrogen and oxygen atoms in total. The Balaban J connectivity index is 0. The van der Waals surface area contributed by atoms with Crippen molar-refractivity contribution in [1.82, 2.24) is 0 Å². The van der Waals surface area contributed by atoms with E-state index in [0.717, 1.165) is 12.8 Å². The van der Waals surface area contributed by atoms with E-state index in [1.165, 1.54) is 0 Å². The fraction of sp³-hybridized carbons (Fsp3) is 1.00. The van der Waals surface area contributed by atoms with Crippen LogP contribution in [0.25, 0.3) is 0 Å². The minimum Gasteiger partial charge on any atom is -0.330 e. The summed E-state index contributed by atoms with van der Waals surface area (Å²) in [6.07, 6.45) is 2.22. The number of phosphoric acid groups is 1. The van der Waals surface area contributed by atoms with Crippen LogP contribution in [0.5, 0.6) is 0 Å². The van der Waals surface area contributed by atoms with Crippen LogP contribution in [0.1, 0.15) is 19.3 Å². The van der Waals surface area contributed by atoms with Crippen molar-refractivity contribution in [2.45, 2.75) is 19.3 Å². The second-order valence-corrected chi connectivity index (χ2v) is 5.55. The molecule has 0 spiro atoms. The molecule has 0 aromatic heterocycles. The van der Waals surface area contributed by atoms with Crippen molar-refractivity contribution < 1.29 is 33.6 Å². The Morgan fingerprint density at radius 2 is 1.27 bits per heavy atom. The first-order valence-electron chi connectivity index (χ1n) is 4.09. The van der Waals surface area contributed by atoms with Gasteiger partial charge in [0.15, 0.2) is 0 Å². The minimum absolute atomic E-state index is 0.00694. The molecule has 10 heteroatoms. The van der Waals surface area contributed by atoms with Crippen LogP contribution in [0.15, 0.2) is 0 Å². The van der Waals surface area contributed by atoms with E-state index in [1.54, 1.807) is 0 Å². The maximum atomic E-state index is 10.3. The van der Waals surface area contributed by atoms with Crippen molar-refractivity contribution in [3.8, 4) is 0 Å². The fourth-order valence-electron chi connectivity index (χ4n) is 0.639. The quantitative estimate of drug-likeness (QED) is 0.282. The zero-order valence-electron chi connectivity index (χ0n) is 8.06. The predicted octanol–water partition coefficient (Wildman–Crippen LogP) is -0.635. The molecule has 0 aliphatic rings. The van der Waals surface area contributed by atoms with Gasteiger partial charge in [-0.05, 0) is 19.4 Å². The van der Waals surface area contributed by atoms with Gasteiger partial charge in [0.1, 0.15) is 0 Å². The molecule has 0 heterocycles. The van der Waals surface area contributed by atoms with E-state index in [1.807, 2.05) is 0 Å². The van der Waals surface area contributed by atoms with Gasteiger partial charge in [0.05, 0.1) is 0 Å². The molecule has 0 bridgehead atoms. The van der Waals surface area contributed by atoms with Gasteiger partial charge in [-0.3, -0.25) is 4.57 Å². The van der Waals surface area contributed by atoms with Crippen LogP contribution < -0.4 is 5.73 Å². The Labute approximate surface area is 87.5 Å². The van der Waals surface area contributed by atoms with Gasteiger partial charge in [0.2, 0.25) is 0 Å². The second kappa shape index (κ2) is 8.38. The van der Waals surface area contributed by atoms with Crippen molar-refractivity contribution >= 4 is 15.4 Å². The van der Waals surface area contributed by atoms with E-state index >= 15 is 0 Å². The highest BCUT2D eigenvalue weighted by atomic mass is 31.2. The second-order valence-electron chi connectivity index (χ2n) is 2.75. The standard InChI is InChI=1S/C5H14NO3P.H3O4P/c6-4-2-1-3-5-10(7,8)9;1-5(2,3)4/h1-6H2,(H2,7,8,9);(H3,1,2,3,4). The first-order valence-corrected chi connectivity index (χ1v) is 7.45. The molecule has 94 valence electrons. The molecule has 0 radical (unpaired) electrons. The number of unbranched alkanes of at least 4 members (excludes halogenated alkanes) is 2.